The number of rotatable bonds is 6. The van der Waals surface area contributed by atoms with Crippen molar-refractivity contribution >= 4 is 18.0 Å². The van der Waals surface area contributed by atoms with Gasteiger partial charge in [0.25, 0.3) is 0 Å². The number of amides is 2. The van der Waals surface area contributed by atoms with Crippen LogP contribution in [0.15, 0.2) is 29.4 Å². The summed E-state index contributed by atoms with van der Waals surface area (Å²) in [5, 5.41) is 6.02. The summed E-state index contributed by atoms with van der Waals surface area (Å²) in [6.07, 6.45) is 1.93. The molecule has 0 aliphatic heterocycles. The van der Waals surface area contributed by atoms with Crippen LogP contribution in [0.2, 0.25) is 0 Å². The van der Waals surface area contributed by atoms with Crippen molar-refractivity contribution < 1.29 is 18.7 Å². The number of nitrogens with one attached hydrogen (secondary N) is 2. The lowest BCUT2D eigenvalue weighted by molar-refractivity contribution is -0.139. The molecule has 1 rings (SSSR count). The van der Waals surface area contributed by atoms with Gasteiger partial charge in [-0.3, -0.25) is 9.59 Å². The lowest BCUT2D eigenvalue weighted by atomic mass is 10.2. The van der Waals surface area contributed by atoms with Crippen molar-refractivity contribution in [2.45, 2.75) is 6.42 Å². The Labute approximate surface area is 116 Å². The van der Waals surface area contributed by atoms with E-state index in [1.807, 2.05) is 0 Å². The van der Waals surface area contributed by atoms with Crippen LogP contribution in [0.25, 0.3) is 0 Å². The van der Waals surface area contributed by atoms with Crippen molar-refractivity contribution in [3.8, 4) is 0 Å². The number of carbonyl (C=O) groups is 2. The fraction of sp³-hybridized carbons (Fsp3) is 0.308. The zero-order valence-electron chi connectivity index (χ0n) is 11.1. The number of hydrazone groups is 1. The van der Waals surface area contributed by atoms with E-state index in [-0.39, 0.29) is 5.82 Å². The van der Waals surface area contributed by atoms with Gasteiger partial charge in [0.2, 0.25) is 0 Å². The summed E-state index contributed by atoms with van der Waals surface area (Å²) in [7, 11) is 1.55. The van der Waals surface area contributed by atoms with E-state index in [1.165, 1.54) is 30.5 Å². The Hall–Kier alpha value is -2.28. The van der Waals surface area contributed by atoms with E-state index in [0.717, 1.165) is 0 Å². The second-order valence-corrected chi connectivity index (χ2v) is 3.85. The van der Waals surface area contributed by atoms with Crippen LogP contribution in [0.5, 0.6) is 0 Å². The molecular weight excluding hydrogens is 265 g/mol. The molecule has 108 valence electrons. The van der Waals surface area contributed by atoms with Crippen LogP contribution < -0.4 is 10.7 Å². The summed E-state index contributed by atoms with van der Waals surface area (Å²) >= 11 is 0. The van der Waals surface area contributed by atoms with Gasteiger partial charge in [-0.2, -0.15) is 5.10 Å². The first-order valence-electron chi connectivity index (χ1n) is 5.99. The smallest absolute Gasteiger partial charge is 0.329 e. The molecular formula is C13H16FN3O3. The average Bonchev–Trinajstić information content (AvgIpc) is 2.45. The van der Waals surface area contributed by atoms with E-state index in [4.69, 9.17) is 4.74 Å². The standard InChI is InChI=1S/C13H16FN3O3/c1-20-8-2-7-15-12(18)13(19)17-16-9-10-3-5-11(14)6-4-10/h3-6,9H,2,7-8H2,1H3,(H,15,18)(H,17,19)/b16-9-. The van der Waals surface area contributed by atoms with Gasteiger partial charge >= 0.3 is 11.8 Å². The molecule has 0 atom stereocenters. The second-order valence-electron chi connectivity index (χ2n) is 3.85. The number of carbonyl (C=O) groups excluding carboxylic acids is 2. The van der Waals surface area contributed by atoms with Crippen LogP contribution in [-0.4, -0.2) is 38.3 Å². The average molecular weight is 281 g/mol. The highest BCUT2D eigenvalue weighted by Crippen LogP contribution is 1.99. The molecule has 0 aromatic heterocycles. The molecule has 2 N–H and O–H groups in total. The fourth-order valence-corrected chi connectivity index (χ4v) is 1.26. The summed E-state index contributed by atoms with van der Waals surface area (Å²) < 4.78 is 17.4. The molecule has 1 aromatic carbocycles. The molecule has 0 spiro atoms. The van der Waals surface area contributed by atoms with Crippen LogP contribution in [-0.2, 0) is 14.3 Å². The molecule has 0 fully saturated rings. The van der Waals surface area contributed by atoms with Crippen molar-refractivity contribution in [2.24, 2.45) is 5.10 Å². The number of hydrogen-bond donors (Lipinski definition) is 2. The minimum atomic E-state index is -0.860. The largest absolute Gasteiger partial charge is 0.385 e. The Kier molecular flexibility index (Phi) is 6.91. The highest BCUT2D eigenvalue weighted by molar-refractivity contribution is 6.35. The summed E-state index contributed by atoms with van der Waals surface area (Å²) in [6.45, 7) is 0.854. The van der Waals surface area contributed by atoms with Crippen molar-refractivity contribution in [3.63, 3.8) is 0 Å². The highest BCUT2D eigenvalue weighted by Gasteiger charge is 2.10. The molecule has 6 nitrogen and oxygen atoms in total. The second kappa shape index (κ2) is 8.76. The van der Waals surface area contributed by atoms with Gasteiger partial charge in [-0.25, -0.2) is 9.82 Å². The SMILES string of the molecule is COCCCNC(=O)C(=O)N/N=C\c1ccc(F)cc1. The van der Waals surface area contributed by atoms with Gasteiger partial charge in [0.1, 0.15) is 5.82 Å². The number of halogens is 1. The van der Waals surface area contributed by atoms with Gasteiger partial charge in [0, 0.05) is 20.3 Å². The summed E-state index contributed by atoms with van der Waals surface area (Å²) in [5.41, 5.74) is 2.68. The third-order valence-electron chi connectivity index (χ3n) is 2.27. The zero-order chi connectivity index (χ0) is 14.8. The van der Waals surface area contributed by atoms with Crippen LogP contribution in [0.4, 0.5) is 4.39 Å². The first-order chi connectivity index (χ1) is 9.63. The van der Waals surface area contributed by atoms with Gasteiger partial charge < -0.3 is 10.1 Å². The molecule has 0 aliphatic carbocycles. The normalized spacial score (nSPS) is 10.5. The molecule has 0 radical (unpaired) electrons. The summed E-state index contributed by atoms with van der Waals surface area (Å²) in [6, 6.07) is 5.53. The Morgan fingerprint density at radius 3 is 2.65 bits per heavy atom. The van der Waals surface area contributed by atoms with Crippen LogP contribution in [0, 0.1) is 5.82 Å². The van der Waals surface area contributed by atoms with Crippen molar-refractivity contribution in [2.75, 3.05) is 20.3 Å². The van der Waals surface area contributed by atoms with Gasteiger partial charge in [0.15, 0.2) is 0 Å². The molecule has 0 heterocycles. The molecule has 1 aromatic rings. The molecule has 2 amide bonds. The lowest BCUT2D eigenvalue weighted by Gasteiger charge is -2.03. The van der Waals surface area contributed by atoms with E-state index in [9.17, 15) is 14.0 Å². The Morgan fingerprint density at radius 1 is 1.30 bits per heavy atom. The Bertz CT molecular complexity index is 474. The number of benzene rings is 1. The minimum Gasteiger partial charge on any atom is -0.385 e. The maximum absolute atomic E-state index is 12.6. The van der Waals surface area contributed by atoms with Crippen molar-refractivity contribution in [1.29, 1.82) is 0 Å². The highest BCUT2D eigenvalue weighted by atomic mass is 19.1. The fourth-order valence-electron chi connectivity index (χ4n) is 1.26. The maximum Gasteiger partial charge on any atom is 0.329 e. The molecule has 0 aliphatic rings. The predicted molar refractivity (Wildman–Crippen MR) is 71.6 cm³/mol. The van der Waals surface area contributed by atoms with E-state index in [2.05, 4.69) is 15.8 Å². The Morgan fingerprint density at radius 2 is 2.00 bits per heavy atom. The molecule has 20 heavy (non-hydrogen) atoms. The molecule has 7 heteroatoms. The molecule has 0 saturated carbocycles. The number of hydrogen-bond acceptors (Lipinski definition) is 4. The van der Waals surface area contributed by atoms with E-state index in [1.54, 1.807) is 7.11 Å². The van der Waals surface area contributed by atoms with Crippen molar-refractivity contribution in [1.82, 2.24) is 10.7 Å². The first-order valence-corrected chi connectivity index (χ1v) is 5.99. The summed E-state index contributed by atoms with van der Waals surface area (Å²) in [5.74, 6) is -1.99. The molecule has 0 saturated heterocycles. The van der Waals surface area contributed by atoms with E-state index < -0.39 is 11.8 Å². The molecule has 0 unspecified atom stereocenters. The van der Waals surface area contributed by atoms with Crippen LogP contribution in [0.3, 0.4) is 0 Å². The predicted octanol–water partition coefficient (Wildman–Crippen LogP) is 0.429. The summed E-state index contributed by atoms with van der Waals surface area (Å²) in [4.78, 5) is 22.6. The van der Waals surface area contributed by atoms with Gasteiger partial charge in [0.05, 0.1) is 6.21 Å². The maximum atomic E-state index is 12.6. The minimum absolute atomic E-state index is 0.349. The zero-order valence-corrected chi connectivity index (χ0v) is 11.1. The topological polar surface area (TPSA) is 79.8 Å². The van der Waals surface area contributed by atoms with E-state index >= 15 is 0 Å². The van der Waals surface area contributed by atoms with Gasteiger partial charge in [-0.1, -0.05) is 12.1 Å². The van der Waals surface area contributed by atoms with E-state index in [0.29, 0.717) is 25.1 Å². The number of nitrogens with zero attached hydrogens (tertiary/aromatic N) is 1. The number of methoxy groups -OCH3 is 1. The molecule has 0 bridgehead atoms. The monoisotopic (exact) mass is 281 g/mol. The van der Waals surface area contributed by atoms with Gasteiger partial charge in [-0.15, -0.1) is 0 Å². The third kappa shape index (κ3) is 6.05. The Balaban J connectivity index is 2.31. The van der Waals surface area contributed by atoms with Crippen LogP contribution >= 0.6 is 0 Å². The first kappa shape index (κ1) is 15.8. The third-order valence-corrected chi connectivity index (χ3v) is 2.27. The van der Waals surface area contributed by atoms with Crippen molar-refractivity contribution in [3.05, 3.63) is 35.6 Å². The lowest BCUT2D eigenvalue weighted by Crippen LogP contribution is -2.38. The quantitative estimate of drug-likeness (QED) is 0.343. The van der Waals surface area contributed by atoms with Gasteiger partial charge in [-0.05, 0) is 24.1 Å². The van der Waals surface area contributed by atoms with Crippen LogP contribution in [0.1, 0.15) is 12.0 Å². The number of ether oxygens (including phenoxy) is 1.